The maximum atomic E-state index is 13.2. The van der Waals surface area contributed by atoms with Gasteiger partial charge in [-0.05, 0) is 30.3 Å². The molecule has 1 amide bonds. The Balaban J connectivity index is 0.00000117. The van der Waals surface area contributed by atoms with Crippen LogP contribution in [-0.4, -0.2) is 21.8 Å². The zero-order valence-electron chi connectivity index (χ0n) is 15.9. The van der Waals surface area contributed by atoms with Crippen LogP contribution in [0.15, 0.2) is 48.8 Å². The minimum atomic E-state index is -3.71. The number of hydrogen-bond acceptors (Lipinski definition) is 4. The number of ether oxygens (including phenoxy) is 2. The largest absolute Gasteiger partial charge is 0.586 e. The molecule has 1 aliphatic heterocycles. The number of rotatable bonds is 3. The molecule has 0 atom stereocenters. The number of nitrogens with one attached hydrogen (secondary N) is 1. The van der Waals surface area contributed by atoms with Gasteiger partial charge in [0, 0.05) is 36.6 Å². The second-order valence-electron chi connectivity index (χ2n) is 5.84. The van der Waals surface area contributed by atoms with E-state index in [1.165, 1.54) is 18.3 Å². The number of aryl methyl sites for hydroxylation is 1. The van der Waals surface area contributed by atoms with Crippen LogP contribution in [0.4, 0.5) is 14.6 Å². The summed E-state index contributed by atoms with van der Waals surface area (Å²) in [6.45, 7) is 4.00. The number of halogens is 3. The molecular formula is C20H18ClF2N3O3. The molecule has 0 aliphatic carbocycles. The number of carbonyl (C=O) groups excluding carboxylic acids is 1. The Bertz CT molecular complexity index is 1040. The van der Waals surface area contributed by atoms with Gasteiger partial charge in [-0.2, -0.15) is 0 Å². The lowest BCUT2D eigenvalue weighted by Crippen LogP contribution is -2.25. The van der Waals surface area contributed by atoms with Gasteiger partial charge in [0.05, 0.1) is 5.02 Å². The van der Waals surface area contributed by atoms with E-state index in [-0.39, 0.29) is 22.4 Å². The lowest BCUT2D eigenvalue weighted by Gasteiger charge is -2.08. The van der Waals surface area contributed by atoms with Gasteiger partial charge in [-0.3, -0.25) is 4.79 Å². The molecule has 1 aromatic carbocycles. The number of amides is 1. The van der Waals surface area contributed by atoms with Crippen LogP contribution in [0, 0.1) is 0 Å². The fraction of sp³-hybridized carbons (Fsp3) is 0.200. The Labute approximate surface area is 171 Å². The van der Waals surface area contributed by atoms with Crippen LogP contribution >= 0.6 is 11.6 Å². The van der Waals surface area contributed by atoms with Gasteiger partial charge in [0.2, 0.25) is 0 Å². The third-order valence-corrected chi connectivity index (χ3v) is 4.30. The lowest BCUT2D eigenvalue weighted by atomic mass is 10.1. The second kappa shape index (κ2) is 8.08. The molecule has 152 valence electrons. The van der Waals surface area contributed by atoms with Crippen molar-refractivity contribution >= 4 is 23.3 Å². The van der Waals surface area contributed by atoms with Crippen molar-refractivity contribution in [3.05, 3.63) is 59.5 Å². The highest BCUT2D eigenvalue weighted by atomic mass is 35.5. The van der Waals surface area contributed by atoms with E-state index in [1.54, 1.807) is 42.1 Å². The first-order valence-electron chi connectivity index (χ1n) is 8.81. The second-order valence-corrected chi connectivity index (χ2v) is 6.24. The first kappa shape index (κ1) is 20.6. The van der Waals surface area contributed by atoms with E-state index in [4.69, 9.17) is 11.6 Å². The number of pyridine rings is 1. The number of carbonyl (C=O) groups is 1. The number of hydrogen-bond donors (Lipinski definition) is 1. The molecule has 3 aromatic rings. The molecule has 0 radical (unpaired) electrons. The Morgan fingerprint density at radius 3 is 2.45 bits per heavy atom. The maximum absolute atomic E-state index is 13.2. The van der Waals surface area contributed by atoms with Gasteiger partial charge in [0.15, 0.2) is 11.5 Å². The molecule has 0 fully saturated rings. The van der Waals surface area contributed by atoms with Crippen LogP contribution in [0.1, 0.15) is 24.3 Å². The Morgan fingerprint density at radius 2 is 1.86 bits per heavy atom. The summed E-state index contributed by atoms with van der Waals surface area (Å²) in [6.07, 6.45) is -0.480. The predicted octanol–water partition coefficient (Wildman–Crippen LogP) is 5.34. The average Bonchev–Trinajstić information content (AvgIpc) is 3.24. The maximum Gasteiger partial charge on any atom is 0.586 e. The molecule has 3 heterocycles. The van der Waals surface area contributed by atoms with Crippen molar-refractivity contribution in [2.75, 3.05) is 5.32 Å². The number of fused-ring (bicyclic) bond motifs is 1. The molecule has 0 spiro atoms. The van der Waals surface area contributed by atoms with E-state index in [1.807, 2.05) is 13.8 Å². The van der Waals surface area contributed by atoms with Gasteiger partial charge in [-0.1, -0.05) is 25.4 Å². The van der Waals surface area contributed by atoms with Crippen LogP contribution in [0.3, 0.4) is 0 Å². The standard InChI is InChI=1S/C18H12ClF2N3O3.C2H6/c1-24-6-2-3-13(24)17(25)23-16-5-4-10(9-22-16)11-7-14-15(8-12(11)19)27-18(20,21)26-14;1-2/h2-9H,1H3,(H,22,23,25);1-2H3. The first-order valence-corrected chi connectivity index (χ1v) is 9.19. The van der Waals surface area contributed by atoms with Gasteiger partial charge in [0.1, 0.15) is 11.5 Å². The SMILES string of the molecule is CC.Cn1cccc1C(=O)Nc1ccc(-c2cc3c(cc2Cl)OC(F)(F)O3)cn1. The molecule has 4 rings (SSSR count). The fourth-order valence-electron chi connectivity index (χ4n) is 2.70. The molecule has 0 bridgehead atoms. The normalized spacial score (nSPS) is 13.4. The molecule has 0 saturated heterocycles. The molecule has 1 aliphatic rings. The van der Waals surface area contributed by atoms with E-state index in [0.29, 0.717) is 22.6 Å². The molecule has 2 aromatic heterocycles. The van der Waals surface area contributed by atoms with E-state index in [2.05, 4.69) is 19.8 Å². The van der Waals surface area contributed by atoms with Crippen molar-refractivity contribution in [2.45, 2.75) is 20.1 Å². The van der Waals surface area contributed by atoms with Crippen molar-refractivity contribution in [1.29, 1.82) is 0 Å². The topological polar surface area (TPSA) is 65.4 Å². The number of anilines is 1. The van der Waals surface area contributed by atoms with Gasteiger partial charge in [0.25, 0.3) is 5.91 Å². The Hall–Kier alpha value is -3.13. The van der Waals surface area contributed by atoms with Gasteiger partial charge in [-0.15, -0.1) is 8.78 Å². The number of benzene rings is 1. The van der Waals surface area contributed by atoms with E-state index < -0.39 is 6.29 Å². The van der Waals surface area contributed by atoms with Gasteiger partial charge < -0.3 is 19.4 Å². The summed E-state index contributed by atoms with van der Waals surface area (Å²) in [4.78, 5) is 16.4. The van der Waals surface area contributed by atoms with Crippen molar-refractivity contribution in [1.82, 2.24) is 9.55 Å². The fourth-order valence-corrected chi connectivity index (χ4v) is 2.96. The third-order valence-electron chi connectivity index (χ3n) is 3.98. The quantitative estimate of drug-likeness (QED) is 0.620. The van der Waals surface area contributed by atoms with Gasteiger partial charge >= 0.3 is 6.29 Å². The number of aromatic nitrogens is 2. The minimum absolute atomic E-state index is 0.111. The lowest BCUT2D eigenvalue weighted by molar-refractivity contribution is -0.286. The van der Waals surface area contributed by atoms with Crippen molar-refractivity contribution in [2.24, 2.45) is 7.05 Å². The monoisotopic (exact) mass is 421 g/mol. The highest BCUT2D eigenvalue weighted by molar-refractivity contribution is 6.33. The summed E-state index contributed by atoms with van der Waals surface area (Å²) in [6, 6.07) is 9.32. The summed E-state index contributed by atoms with van der Waals surface area (Å²) in [5.74, 6) is -0.201. The molecule has 0 saturated carbocycles. The average molecular weight is 422 g/mol. The summed E-state index contributed by atoms with van der Waals surface area (Å²) < 4.78 is 36.9. The summed E-state index contributed by atoms with van der Waals surface area (Å²) in [7, 11) is 1.76. The van der Waals surface area contributed by atoms with Crippen LogP contribution in [-0.2, 0) is 7.05 Å². The summed E-state index contributed by atoms with van der Waals surface area (Å²) in [5.41, 5.74) is 1.50. The van der Waals surface area contributed by atoms with Crippen LogP contribution < -0.4 is 14.8 Å². The summed E-state index contributed by atoms with van der Waals surface area (Å²) >= 11 is 6.16. The zero-order chi connectivity index (χ0) is 21.2. The van der Waals surface area contributed by atoms with E-state index in [0.717, 1.165) is 0 Å². The van der Waals surface area contributed by atoms with Crippen LogP contribution in [0.5, 0.6) is 11.5 Å². The smallest absolute Gasteiger partial charge is 0.395 e. The summed E-state index contributed by atoms with van der Waals surface area (Å²) in [5, 5.41) is 2.89. The molecule has 6 nitrogen and oxygen atoms in total. The molecule has 29 heavy (non-hydrogen) atoms. The predicted molar refractivity (Wildman–Crippen MR) is 106 cm³/mol. The minimum Gasteiger partial charge on any atom is -0.395 e. The van der Waals surface area contributed by atoms with Crippen LogP contribution in [0.2, 0.25) is 5.02 Å². The van der Waals surface area contributed by atoms with Gasteiger partial charge in [-0.25, -0.2) is 4.98 Å². The Morgan fingerprint density at radius 1 is 1.17 bits per heavy atom. The highest BCUT2D eigenvalue weighted by Gasteiger charge is 2.43. The molecule has 0 unspecified atom stereocenters. The van der Waals surface area contributed by atoms with Crippen molar-refractivity contribution in [3.63, 3.8) is 0 Å². The van der Waals surface area contributed by atoms with E-state index >= 15 is 0 Å². The highest BCUT2D eigenvalue weighted by Crippen LogP contribution is 2.45. The molecular weight excluding hydrogens is 404 g/mol. The van der Waals surface area contributed by atoms with Crippen molar-refractivity contribution < 1.29 is 23.0 Å². The van der Waals surface area contributed by atoms with Crippen LogP contribution in [0.25, 0.3) is 11.1 Å². The molecule has 9 heteroatoms. The van der Waals surface area contributed by atoms with E-state index in [9.17, 15) is 13.6 Å². The number of alkyl halides is 2. The molecule has 1 N–H and O–H groups in total. The Kier molecular flexibility index (Phi) is 5.74. The zero-order valence-corrected chi connectivity index (χ0v) is 16.6. The first-order chi connectivity index (χ1) is 13.8. The van der Waals surface area contributed by atoms with Crippen molar-refractivity contribution in [3.8, 4) is 22.6 Å². The number of nitrogens with zero attached hydrogens (tertiary/aromatic N) is 2. The third kappa shape index (κ3) is 4.32.